The van der Waals surface area contributed by atoms with E-state index in [0.717, 1.165) is 36.9 Å². The predicted octanol–water partition coefficient (Wildman–Crippen LogP) is 6.05. The van der Waals surface area contributed by atoms with Crippen molar-refractivity contribution in [2.24, 2.45) is 0 Å². The van der Waals surface area contributed by atoms with Gasteiger partial charge >= 0.3 is 0 Å². The summed E-state index contributed by atoms with van der Waals surface area (Å²) in [7, 11) is 0. The van der Waals surface area contributed by atoms with E-state index in [1.165, 1.54) is 30.4 Å². The van der Waals surface area contributed by atoms with Crippen LogP contribution in [0.25, 0.3) is 11.1 Å². The maximum Gasteiger partial charge on any atom is 0.119 e. The Morgan fingerprint density at radius 3 is 1.75 bits per heavy atom. The molecule has 3 heteroatoms. The summed E-state index contributed by atoms with van der Waals surface area (Å²) in [5, 5.41) is 0. The quantitative estimate of drug-likeness (QED) is 0.462. The van der Waals surface area contributed by atoms with Crippen LogP contribution < -0.4 is 9.47 Å². The van der Waals surface area contributed by atoms with E-state index in [1.807, 2.05) is 12.1 Å². The zero-order chi connectivity index (χ0) is 17.0. The minimum absolute atomic E-state index is 0.755. The summed E-state index contributed by atoms with van der Waals surface area (Å²) >= 11 is 1.79. The van der Waals surface area contributed by atoms with Gasteiger partial charge in [-0.25, -0.2) is 0 Å². The second kappa shape index (κ2) is 11.0. The third-order valence-corrected chi connectivity index (χ3v) is 4.44. The number of hydrogen-bond donors (Lipinski definition) is 0. The van der Waals surface area contributed by atoms with Crippen molar-refractivity contribution >= 4 is 11.8 Å². The first kappa shape index (κ1) is 18.7. The third-order valence-electron chi connectivity index (χ3n) is 3.86. The molecule has 0 bridgehead atoms. The first-order valence-corrected chi connectivity index (χ1v) is 10.2. The molecular formula is C21H28O2S. The van der Waals surface area contributed by atoms with E-state index in [0.29, 0.717) is 0 Å². The van der Waals surface area contributed by atoms with Crippen LogP contribution in [0.3, 0.4) is 0 Å². The lowest BCUT2D eigenvalue weighted by Crippen LogP contribution is -1.99. The van der Waals surface area contributed by atoms with Crippen molar-refractivity contribution in [3.05, 3.63) is 48.5 Å². The molecule has 0 aromatic heterocycles. The zero-order valence-corrected chi connectivity index (χ0v) is 15.6. The minimum atomic E-state index is 0.755. The Balaban J connectivity index is 1.83. The summed E-state index contributed by atoms with van der Waals surface area (Å²) in [6.07, 6.45) is 7.02. The summed E-state index contributed by atoms with van der Waals surface area (Å²) < 4.78 is 11.5. The average molecular weight is 345 g/mol. The number of benzene rings is 2. The molecule has 0 saturated heterocycles. The Morgan fingerprint density at radius 1 is 0.708 bits per heavy atom. The second-order valence-corrected chi connectivity index (χ2v) is 6.78. The van der Waals surface area contributed by atoms with Crippen LogP contribution in [-0.2, 0) is 0 Å². The van der Waals surface area contributed by atoms with Crippen LogP contribution in [0, 0.1) is 0 Å². The SMILES string of the molecule is CCCCCCOc1ccc(-c2ccc(OCCSC)cc2)cc1. The van der Waals surface area contributed by atoms with Crippen molar-refractivity contribution < 1.29 is 9.47 Å². The van der Waals surface area contributed by atoms with E-state index >= 15 is 0 Å². The van der Waals surface area contributed by atoms with Crippen LogP contribution in [0.5, 0.6) is 11.5 Å². The summed E-state index contributed by atoms with van der Waals surface area (Å²) in [5.74, 6) is 2.90. The normalized spacial score (nSPS) is 10.6. The lowest BCUT2D eigenvalue weighted by molar-refractivity contribution is 0.305. The van der Waals surface area contributed by atoms with Crippen molar-refractivity contribution in [3.8, 4) is 22.6 Å². The van der Waals surface area contributed by atoms with Crippen LogP contribution in [0.4, 0.5) is 0 Å². The van der Waals surface area contributed by atoms with Crippen LogP contribution in [0.1, 0.15) is 32.6 Å². The molecule has 130 valence electrons. The molecule has 0 spiro atoms. The molecule has 0 heterocycles. The van der Waals surface area contributed by atoms with Crippen molar-refractivity contribution in [2.45, 2.75) is 32.6 Å². The fraction of sp³-hybridized carbons (Fsp3) is 0.429. The molecule has 2 nitrogen and oxygen atoms in total. The molecule has 0 fully saturated rings. The number of unbranched alkanes of at least 4 members (excludes halogenated alkanes) is 3. The first-order valence-electron chi connectivity index (χ1n) is 8.78. The lowest BCUT2D eigenvalue weighted by Gasteiger charge is -2.09. The van der Waals surface area contributed by atoms with Crippen molar-refractivity contribution in [1.29, 1.82) is 0 Å². The number of thioether (sulfide) groups is 1. The monoisotopic (exact) mass is 344 g/mol. The molecule has 24 heavy (non-hydrogen) atoms. The van der Waals surface area contributed by atoms with Crippen molar-refractivity contribution in [3.63, 3.8) is 0 Å². The van der Waals surface area contributed by atoms with E-state index < -0.39 is 0 Å². The van der Waals surface area contributed by atoms with Gasteiger partial charge < -0.3 is 9.47 Å². The molecule has 0 aliphatic heterocycles. The molecule has 2 aromatic rings. The van der Waals surface area contributed by atoms with Crippen LogP contribution in [-0.4, -0.2) is 25.2 Å². The molecule has 0 aliphatic rings. The Morgan fingerprint density at radius 2 is 1.25 bits per heavy atom. The Labute approximate surface area is 150 Å². The zero-order valence-electron chi connectivity index (χ0n) is 14.8. The standard InChI is InChI=1S/C21H28O2S/c1-3-4-5-6-15-22-20-11-7-18(8-12-20)19-9-13-21(14-10-19)23-16-17-24-2/h7-14H,3-6,15-17H2,1-2H3. The molecule has 0 unspecified atom stereocenters. The van der Waals surface area contributed by atoms with Crippen molar-refractivity contribution in [2.75, 3.05) is 25.2 Å². The first-order chi connectivity index (χ1) is 11.8. The average Bonchev–Trinajstić information content (AvgIpc) is 2.63. The summed E-state index contributed by atoms with van der Waals surface area (Å²) in [4.78, 5) is 0. The molecular weight excluding hydrogens is 316 g/mol. The van der Waals surface area contributed by atoms with Gasteiger partial charge in [0.25, 0.3) is 0 Å². The molecule has 0 aliphatic carbocycles. The van der Waals surface area contributed by atoms with Gasteiger partial charge in [0.1, 0.15) is 11.5 Å². The van der Waals surface area contributed by atoms with Gasteiger partial charge in [-0.05, 0) is 48.1 Å². The Bertz CT molecular complexity index is 563. The van der Waals surface area contributed by atoms with E-state index in [4.69, 9.17) is 9.47 Å². The third kappa shape index (κ3) is 6.48. The number of rotatable bonds is 11. The summed E-state index contributed by atoms with van der Waals surface area (Å²) in [6.45, 7) is 3.79. The van der Waals surface area contributed by atoms with E-state index in [9.17, 15) is 0 Å². The summed E-state index contributed by atoms with van der Waals surface area (Å²) in [5.41, 5.74) is 2.39. The fourth-order valence-corrected chi connectivity index (χ4v) is 2.70. The topological polar surface area (TPSA) is 18.5 Å². The van der Waals surface area contributed by atoms with Gasteiger partial charge in [-0.2, -0.15) is 11.8 Å². The largest absolute Gasteiger partial charge is 0.494 e. The highest BCUT2D eigenvalue weighted by Crippen LogP contribution is 2.24. The van der Waals surface area contributed by atoms with Gasteiger partial charge in [-0.15, -0.1) is 0 Å². The van der Waals surface area contributed by atoms with Crippen LogP contribution in [0.2, 0.25) is 0 Å². The van der Waals surface area contributed by atoms with Gasteiger partial charge in [-0.3, -0.25) is 0 Å². The van der Waals surface area contributed by atoms with Gasteiger partial charge in [0.05, 0.1) is 13.2 Å². The van der Waals surface area contributed by atoms with E-state index in [1.54, 1.807) is 11.8 Å². The highest BCUT2D eigenvalue weighted by atomic mass is 32.2. The number of hydrogen-bond acceptors (Lipinski definition) is 3. The molecule has 0 atom stereocenters. The minimum Gasteiger partial charge on any atom is -0.494 e. The highest BCUT2D eigenvalue weighted by molar-refractivity contribution is 7.98. The molecule has 0 radical (unpaired) electrons. The fourth-order valence-electron chi connectivity index (χ4n) is 2.45. The van der Waals surface area contributed by atoms with Gasteiger partial charge in [0.2, 0.25) is 0 Å². The van der Waals surface area contributed by atoms with E-state index in [-0.39, 0.29) is 0 Å². The van der Waals surface area contributed by atoms with E-state index in [2.05, 4.69) is 49.6 Å². The maximum atomic E-state index is 5.80. The maximum absolute atomic E-state index is 5.80. The Hall–Kier alpha value is -1.61. The van der Waals surface area contributed by atoms with Crippen molar-refractivity contribution in [1.82, 2.24) is 0 Å². The Kier molecular flexibility index (Phi) is 8.61. The van der Waals surface area contributed by atoms with Crippen LogP contribution in [0.15, 0.2) is 48.5 Å². The molecule has 0 N–H and O–H groups in total. The summed E-state index contributed by atoms with van der Waals surface area (Å²) in [6, 6.07) is 16.6. The molecule has 2 rings (SSSR count). The second-order valence-electron chi connectivity index (χ2n) is 5.80. The smallest absolute Gasteiger partial charge is 0.119 e. The molecule has 0 saturated carbocycles. The van der Waals surface area contributed by atoms with Gasteiger partial charge in [0, 0.05) is 5.75 Å². The molecule has 0 amide bonds. The highest BCUT2D eigenvalue weighted by Gasteiger charge is 2.00. The number of ether oxygens (including phenoxy) is 2. The van der Waals surface area contributed by atoms with Gasteiger partial charge in [0.15, 0.2) is 0 Å². The lowest BCUT2D eigenvalue weighted by atomic mass is 10.1. The van der Waals surface area contributed by atoms with Crippen LogP contribution >= 0.6 is 11.8 Å². The van der Waals surface area contributed by atoms with Gasteiger partial charge in [-0.1, -0.05) is 50.5 Å². The molecule has 2 aromatic carbocycles. The predicted molar refractivity (Wildman–Crippen MR) is 105 cm³/mol.